The second-order valence-corrected chi connectivity index (χ2v) is 6.01. The van der Waals surface area contributed by atoms with E-state index in [0.29, 0.717) is 19.8 Å². The van der Waals surface area contributed by atoms with Gasteiger partial charge in [0.15, 0.2) is 11.5 Å². The summed E-state index contributed by atoms with van der Waals surface area (Å²) in [4.78, 5) is 0. The molecule has 0 fully saturated rings. The Hall–Kier alpha value is -2.20. The van der Waals surface area contributed by atoms with Crippen LogP contribution in [0.1, 0.15) is 36.5 Å². The zero-order valence-corrected chi connectivity index (χ0v) is 15.7. The highest BCUT2D eigenvalue weighted by Crippen LogP contribution is 2.31. The van der Waals surface area contributed by atoms with Gasteiger partial charge in [0.1, 0.15) is 5.75 Å². The molecule has 0 bridgehead atoms. The van der Waals surface area contributed by atoms with Gasteiger partial charge in [-0.1, -0.05) is 18.2 Å². The third-order valence-corrected chi connectivity index (χ3v) is 4.26. The lowest BCUT2D eigenvalue weighted by molar-refractivity contribution is 0.310. The Morgan fingerprint density at radius 1 is 0.920 bits per heavy atom. The molecule has 0 amide bonds. The predicted molar refractivity (Wildman–Crippen MR) is 102 cm³/mol. The minimum Gasteiger partial charge on any atom is -0.494 e. The van der Waals surface area contributed by atoms with Crippen LogP contribution in [0.15, 0.2) is 36.4 Å². The summed E-state index contributed by atoms with van der Waals surface area (Å²) in [5, 5.41) is 0. The first-order chi connectivity index (χ1) is 12.1. The lowest BCUT2D eigenvalue weighted by atomic mass is 9.91. The molecule has 0 aliphatic rings. The Balaban J connectivity index is 2.21. The van der Waals surface area contributed by atoms with Crippen LogP contribution in [0.25, 0.3) is 0 Å². The first-order valence-corrected chi connectivity index (χ1v) is 8.86. The van der Waals surface area contributed by atoms with Crippen LogP contribution in [-0.2, 0) is 6.42 Å². The fraction of sp³-hybridized carbons (Fsp3) is 0.429. The van der Waals surface area contributed by atoms with Crippen molar-refractivity contribution >= 4 is 0 Å². The van der Waals surface area contributed by atoms with Gasteiger partial charge >= 0.3 is 0 Å². The number of hydrogen-bond donors (Lipinski definition) is 1. The van der Waals surface area contributed by atoms with E-state index in [1.165, 1.54) is 11.1 Å². The maximum absolute atomic E-state index is 6.07. The largest absolute Gasteiger partial charge is 0.494 e. The average Bonchev–Trinajstić information content (AvgIpc) is 2.62. The fourth-order valence-corrected chi connectivity index (χ4v) is 2.98. The molecule has 0 aliphatic heterocycles. The van der Waals surface area contributed by atoms with Gasteiger partial charge in [-0.3, -0.25) is 0 Å². The molecule has 0 saturated heterocycles. The summed E-state index contributed by atoms with van der Waals surface area (Å²) >= 11 is 0. The molecule has 136 valence electrons. The first kappa shape index (κ1) is 19.1. The molecule has 2 aromatic rings. The smallest absolute Gasteiger partial charge is 0.161 e. The summed E-state index contributed by atoms with van der Waals surface area (Å²) in [5.41, 5.74) is 9.63. The second kappa shape index (κ2) is 9.33. The van der Waals surface area contributed by atoms with Crippen molar-refractivity contribution in [3.63, 3.8) is 0 Å². The van der Waals surface area contributed by atoms with E-state index in [2.05, 4.69) is 25.1 Å². The van der Waals surface area contributed by atoms with E-state index in [0.717, 1.165) is 29.2 Å². The van der Waals surface area contributed by atoms with E-state index >= 15 is 0 Å². The van der Waals surface area contributed by atoms with Crippen molar-refractivity contribution in [3.05, 3.63) is 53.1 Å². The Bertz CT molecular complexity index is 685. The molecule has 0 saturated carbocycles. The minimum atomic E-state index is 0.247. The number of nitrogens with two attached hydrogens (primary N) is 1. The van der Waals surface area contributed by atoms with Crippen LogP contribution in [0.5, 0.6) is 17.2 Å². The van der Waals surface area contributed by atoms with Gasteiger partial charge in [-0.25, -0.2) is 0 Å². The predicted octanol–water partition coefficient (Wildman–Crippen LogP) is 4.09. The molecule has 2 N–H and O–H groups in total. The van der Waals surface area contributed by atoms with Crippen LogP contribution >= 0.6 is 0 Å². The molecular weight excluding hydrogens is 314 g/mol. The number of aryl methyl sites for hydroxylation is 1. The fourth-order valence-electron chi connectivity index (χ4n) is 2.98. The molecular formula is C21H29NO3. The Labute approximate surface area is 150 Å². The van der Waals surface area contributed by atoms with Crippen LogP contribution in [0.3, 0.4) is 0 Å². The van der Waals surface area contributed by atoms with E-state index in [9.17, 15) is 0 Å². The number of methoxy groups -OCH3 is 1. The average molecular weight is 343 g/mol. The monoisotopic (exact) mass is 343 g/mol. The third-order valence-electron chi connectivity index (χ3n) is 4.26. The Morgan fingerprint density at radius 3 is 2.20 bits per heavy atom. The molecule has 0 heterocycles. The zero-order valence-electron chi connectivity index (χ0n) is 15.7. The minimum absolute atomic E-state index is 0.247. The third kappa shape index (κ3) is 4.89. The van der Waals surface area contributed by atoms with Gasteiger partial charge in [0.2, 0.25) is 0 Å². The Kier molecular flexibility index (Phi) is 7.14. The van der Waals surface area contributed by atoms with E-state index in [1.807, 2.05) is 32.0 Å². The molecule has 25 heavy (non-hydrogen) atoms. The summed E-state index contributed by atoms with van der Waals surface area (Å²) in [6.07, 6.45) is 0.855. The van der Waals surface area contributed by atoms with Crippen LogP contribution in [0.4, 0.5) is 0 Å². The molecule has 2 aromatic carbocycles. The van der Waals surface area contributed by atoms with Crippen LogP contribution in [0.2, 0.25) is 0 Å². The van der Waals surface area contributed by atoms with Crippen LogP contribution in [0, 0.1) is 6.92 Å². The van der Waals surface area contributed by atoms with Crippen LogP contribution < -0.4 is 19.9 Å². The molecule has 4 heteroatoms. The van der Waals surface area contributed by atoms with Crippen molar-refractivity contribution in [1.29, 1.82) is 0 Å². The van der Waals surface area contributed by atoms with Gasteiger partial charge in [0.25, 0.3) is 0 Å². The van der Waals surface area contributed by atoms with Crippen molar-refractivity contribution in [2.45, 2.75) is 33.1 Å². The zero-order chi connectivity index (χ0) is 18.2. The molecule has 0 radical (unpaired) electrons. The summed E-state index contributed by atoms with van der Waals surface area (Å²) in [6, 6.07) is 12.4. The van der Waals surface area contributed by atoms with Crippen molar-refractivity contribution in [2.75, 3.05) is 26.9 Å². The van der Waals surface area contributed by atoms with Gasteiger partial charge in [0.05, 0.1) is 20.3 Å². The summed E-state index contributed by atoms with van der Waals surface area (Å²) in [7, 11) is 1.66. The van der Waals surface area contributed by atoms with Crippen molar-refractivity contribution in [1.82, 2.24) is 0 Å². The second-order valence-electron chi connectivity index (χ2n) is 6.01. The molecule has 0 aromatic heterocycles. The molecule has 4 nitrogen and oxygen atoms in total. The van der Waals surface area contributed by atoms with Crippen molar-refractivity contribution < 1.29 is 14.2 Å². The number of benzene rings is 2. The molecule has 0 aliphatic carbocycles. The first-order valence-electron chi connectivity index (χ1n) is 8.86. The lowest BCUT2D eigenvalue weighted by Crippen LogP contribution is -2.15. The van der Waals surface area contributed by atoms with Gasteiger partial charge in [-0.2, -0.15) is 0 Å². The molecule has 1 unspecified atom stereocenters. The highest BCUT2D eigenvalue weighted by atomic mass is 16.5. The van der Waals surface area contributed by atoms with Gasteiger partial charge in [-0.15, -0.1) is 0 Å². The van der Waals surface area contributed by atoms with E-state index in [1.54, 1.807) is 7.11 Å². The summed E-state index contributed by atoms with van der Waals surface area (Å²) < 4.78 is 16.7. The van der Waals surface area contributed by atoms with Gasteiger partial charge in [-0.05, 0) is 68.6 Å². The normalized spacial score (nSPS) is 11.9. The molecule has 2 rings (SSSR count). The van der Waals surface area contributed by atoms with E-state index in [4.69, 9.17) is 19.9 Å². The SMILES string of the molecule is CCOc1ccc(C(CN)Cc2ccc(OC)c(OCC)c2)cc1C. The highest BCUT2D eigenvalue weighted by molar-refractivity contribution is 5.44. The topological polar surface area (TPSA) is 53.7 Å². The van der Waals surface area contributed by atoms with E-state index < -0.39 is 0 Å². The quantitative estimate of drug-likeness (QED) is 0.745. The molecule has 1 atom stereocenters. The number of hydrogen-bond acceptors (Lipinski definition) is 4. The van der Waals surface area contributed by atoms with Crippen molar-refractivity contribution in [2.24, 2.45) is 5.73 Å². The Morgan fingerprint density at radius 2 is 1.60 bits per heavy atom. The summed E-state index contributed by atoms with van der Waals surface area (Å²) in [6.45, 7) is 7.91. The number of rotatable bonds is 9. The molecule has 0 spiro atoms. The van der Waals surface area contributed by atoms with Crippen LogP contribution in [-0.4, -0.2) is 26.9 Å². The summed E-state index contributed by atoms with van der Waals surface area (Å²) in [5.74, 6) is 2.72. The lowest BCUT2D eigenvalue weighted by Gasteiger charge is -2.18. The standard InChI is InChI=1S/C21H29NO3/c1-5-24-19-10-8-17(11-15(19)3)18(14-22)12-16-7-9-20(23-4)21(13-16)25-6-2/h7-11,13,18H,5-6,12,14,22H2,1-4H3. The van der Waals surface area contributed by atoms with Gasteiger partial charge < -0.3 is 19.9 Å². The number of ether oxygens (including phenoxy) is 3. The highest BCUT2D eigenvalue weighted by Gasteiger charge is 2.14. The maximum atomic E-state index is 6.07. The van der Waals surface area contributed by atoms with Crippen molar-refractivity contribution in [3.8, 4) is 17.2 Å². The maximum Gasteiger partial charge on any atom is 0.161 e. The van der Waals surface area contributed by atoms with Gasteiger partial charge in [0, 0.05) is 5.92 Å². The van der Waals surface area contributed by atoms with E-state index in [-0.39, 0.29) is 5.92 Å².